The SMILES string of the molecule is CC(C)c1cc(F)c2cnn(C(C)C)c2c1. The summed E-state index contributed by atoms with van der Waals surface area (Å²) in [5, 5.41) is 4.84. The van der Waals surface area contributed by atoms with Crippen LogP contribution in [0.15, 0.2) is 18.3 Å². The molecule has 16 heavy (non-hydrogen) atoms. The number of nitrogens with zero attached hydrogens (tertiary/aromatic N) is 2. The molecule has 0 spiro atoms. The lowest BCUT2D eigenvalue weighted by Crippen LogP contribution is -2.02. The maximum atomic E-state index is 13.8. The van der Waals surface area contributed by atoms with Crippen molar-refractivity contribution in [2.24, 2.45) is 0 Å². The van der Waals surface area contributed by atoms with Crippen LogP contribution in [0.3, 0.4) is 0 Å². The van der Waals surface area contributed by atoms with Crippen LogP contribution in [-0.2, 0) is 0 Å². The van der Waals surface area contributed by atoms with Crippen molar-refractivity contribution in [1.82, 2.24) is 9.78 Å². The Hall–Kier alpha value is -1.38. The second-order valence-electron chi connectivity index (χ2n) is 4.77. The van der Waals surface area contributed by atoms with Gasteiger partial charge in [0.15, 0.2) is 0 Å². The Morgan fingerprint density at radius 1 is 1.19 bits per heavy atom. The quantitative estimate of drug-likeness (QED) is 0.751. The number of aromatic nitrogens is 2. The van der Waals surface area contributed by atoms with Gasteiger partial charge < -0.3 is 0 Å². The zero-order valence-electron chi connectivity index (χ0n) is 10.2. The molecule has 1 aromatic carbocycles. The second-order valence-corrected chi connectivity index (χ2v) is 4.77. The van der Waals surface area contributed by atoms with E-state index in [0.29, 0.717) is 11.3 Å². The van der Waals surface area contributed by atoms with E-state index < -0.39 is 0 Å². The zero-order valence-corrected chi connectivity index (χ0v) is 10.2. The van der Waals surface area contributed by atoms with Crippen LogP contribution >= 0.6 is 0 Å². The largest absolute Gasteiger partial charge is 0.262 e. The van der Waals surface area contributed by atoms with Gasteiger partial charge in [-0.2, -0.15) is 5.10 Å². The highest BCUT2D eigenvalue weighted by atomic mass is 19.1. The normalized spacial score (nSPS) is 11.9. The van der Waals surface area contributed by atoms with Crippen molar-refractivity contribution in [2.75, 3.05) is 0 Å². The monoisotopic (exact) mass is 220 g/mol. The van der Waals surface area contributed by atoms with Crippen molar-refractivity contribution in [3.8, 4) is 0 Å². The molecule has 0 saturated carbocycles. The fourth-order valence-electron chi connectivity index (χ4n) is 1.87. The van der Waals surface area contributed by atoms with Crippen molar-refractivity contribution in [3.05, 3.63) is 29.7 Å². The van der Waals surface area contributed by atoms with Crippen LogP contribution in [0, 0.1) is 5.82 Å². The van der Waals surface area contributed by atoms with Crippen LogP contribution in [0.5, 0.6) is 0 Å². The molecule has 2 aromatic rings. The molecule has 0 N–H and O–H groups in total. The molecule has 0 amide bonds. The molecule has 0 fully saturated rings. The van der Waals surface area contributed by atoms with Crippen LogP contribution in [0.1, 0.15) is 45.2 Å². The number of halogens is 1. The van der Waals surface area contributed by atoms with E-state index in [1.807, 2.05) is 24.6 Å². The van der Waals surface area contributed by atoms with Crippen molar-refractivity contribution in [1.29, 1.82) is 0 Å². The number of benzene rings is 1. The van der Waals surface area contributed by atoms with E-state index in [9.17, 15) is 4.39 Å². The highest BCUT2D eigenvalue weighted by Gasteiger charge is 2.12. The van der Waals surface area contributed by atoms with Gasteiger partial charge in [-0.3, -0.25) is 4.68 Å². The Bertz CT molecular complexity index is 512. The van der Waals surface area contributed by atoms with Gasteiger partial charge in [0, 0.05) is 6.04 Å². The van der Waals surface area contributed by atoms with Crippen LogP contribution in [0.2, 0.25) is 0 Å². The predicted octanol–water partition coefficient (Wildman–Crippen LogP) is 3.88. The average molecular weight is 220 g/mol. The summed E-state index contributed by atoms with van der Waals surface area (Å²) >= 11 is 0. The van der Waals surface area contributed by atoms with Gasteiger partial charge in [-0.25, -0.2) is 4.39 Å². The first-order valence-electron chi connectivity index (χ1n) is 5.67. The van der Waals surface area contributed by atoms with Crippen LogP contribution in [0.25, 0.3) is 10.9 Å². The number of rotatable bonds is 2. The molecule has 0 aliphatic carbocycles. The smallest absolute Gasteiger partial charge is 0.134 e. The lowest BCUT2D eigenvalue weighted by Gasteiger charge is -2.10. The Morgan fingerprint density at radius 3 is 2.44 bits per heavy atom. The van der Waals surface area contributed by atoms with Crippen LogP contribution in [-0.4, -0.2) is 9.78 Å². The van der Waals surface area contributed by atoms with Gasteiger partial charge in [-0.05, 0) is 37.5 Å². The average Bonchev–Trinajstić information content (AvgIpc) is 2.61. The molecule has 86 valence electrons. The number of hydrogen-bond acceptors (Lipinski definition) is 1. The second kappa shape index (κ2) is 3.89. The van der Waals surface area contributed by atoms with Crippen molar-refractivity contribution >= 4 is 10.9 Å². The molecule has 0 unspecified atom stereocenters. The molecule has 2 rings (SSSR count). The summed E-state index contributed by atoms with van der Waals surface area (Å²) < 4.78 is 15.7. The van der Waals surface area contributed by atoms with E-state index >= 15 is 0 Å². The molecule has 0 bridgehead atoms. The van der Waals surface area contributed by atoms with Gasteiger partial charge in [-0.15, -0.1) is 0 Å². The molecule has 1 heterocycles. The topological polar surface area (TPSA) is 17.8 Å². The molecular formula is C13H17FN2. The summed E-state index contributed by atoms with van der Waals surface area (Å²) in [6.45, 7) is 8.23. The molecule has 0 aliphatic heterocycles. The minimum atomic E-state index is -0.173. The van der Waals surface area contributed by atoms with Gasteiger partial charge in [0.1, 0.15) is 5.82 Å². The fourth-order valence-corrected chi connectivity index (χ4v) is 1.87. The van der Waals surface area contributed by atoms with Gasteiger partial charge >= 0.3 is 0 Å². The summed E-state index contributed by atoms with van der Waals surface area (Å²) in [7, 11) is 0. The van der Waals surface area contributed by atoms with E-state index in [1.54, 1.807) is 12.3 Å². The summed E-state index contributed by atoms with van der Waals surface area (Å²) in [5.74, 6) is 0.155. The third kappa shape index (κ3) is 1.70. The molecule has 2 nitrogen and oxygen atoms in total. The minimum absolute atomic E-state index is 0.173. The van der Waals surface area contributed by atoms with E-state index in [0.717, 1.165) is 11.1 Å². The van der Waals surface area contributed by atoms with E-state index in [4.69, 9.17) is 0 Å². The van der Waals surface area contributed by atoms with Gasteiger partial charge in [0.05, 0.1) is 17.1 Å². The Balaban J connectivity index is 2.71. The predicted molar refractivity (Wildman–Crippen MR) is 64.2 cm³/mol. The molecule has 3 heteroatoms. The fraction of sp³-hybridized carbons (Fsp3) is 0.462. The third-order valence-corrected chi connectivity index (χ3v) is 2.84. The Labute approximate surface area is 95.1 Å². The summed E-state index contributed by atoms with van der Waals surface area (Å²) in [4.78, 5) is 0. The number of fused-ring (bicyclic) bond motifs is 1. The molecular weight excluding hydrogens is 203 g/mol. The molecule has 0 atom stereocenters. The molecule has 0 aliphatic rings. The van der Waals surface area contributed by atoms with Gasteiger partial charge in [0.2, 0.25) is 0 Å². The van der Waals surface area contributed by atoms with E-state index in [1.165, 1.54) is 0 Å². The first kappa shape index (κ1) is 11.1. The van der Waals surface area contributed by atoms with Crippen molar-refractivity contribution in [2.45, 2.75) is 39.7 Å². The minimum Gasteiger partial charge on any atom is -0.262 e. The Kier molecular flexibility index (Phi) is 2.70. The van der Waals surface area contributed by atoms with Crippen LogP contribution < -0.4 is 0 Å². The Morgan fingerprint density at radius 2 is 1.88 bits per heavy atom. The molecule has 1 aromatic heterocycles. The highest BCUT2D eigenvalue weighted by molar-refractivity contribution is 5.80. The zero-order chi connectivity index (χ0) is 11.9. The number of hydrogen-bond donors (Lipinski definition) is 0. The van der Waals surface area contributed by atoms with Gasteiger partial charge in [0.25, 0.3) is 0 Å². The lowest BCUT2D eigenvalue weighted by atomic mass is 10.0. The summed E-state index contributed by atoms with van der Waals surface area (Å²) in [5.41, 5.74) is 1.91. The van der Waals surface area contributed by atoms with E-state index in [-0.39, 0.29) is 11.9 Å². The molecule has 0 saturated heterocycles. The lowest BCUT2D eigenvalue weighted by molar-refractivity contribution is 0.550. The van der Waals surface area contributed by atoms with Gasteiger partial charge in [-0.1, -0.05) is 13.8 Å². The van der Waals surface area contributed by atoms with Crippen LogP contribution in [0.4, 0.5) is 4.39 Å². The highest BCUT2D eigenvalue weighted by Crippen LogP contribution is 2.25. The summed E-state index contributed by atoms with van der Waals surface area (Å²) in [6, 6.07) is 3.90. The first-order valence-corrected chi connectivity index (χ1v) is 5.67. The summed E-state index contributed by atoms with van der Waals surface area (Å²) in [6.07, 6.45) is 1.61. The van der Waals surface area contributed by atoms with Crippen molar-refractivity contribution < 1.29 is 4.39 Å². The maximum Gasteiger partial charge on any atom is 0.134 e. The molecule has 0 radical (unpaired) electrons. The third-order valence-electron chi connectivity index (χ3n) is 2.84. The van der Waals surface area contributed by atoms with Crippen molar-refractivity contribution in [3.63, 3.8) is 0 Å². The maximum absolute atomic E-state index is 13.8. The standard InChI is InChI=1S/C13H17FN2/c1-8(2)10-5-12(14)11-7-15-16(9(3)4)13(11)6-10/h5-9H,1-4H3. The first-order chi connectivity index (χ1) is 7.50. The van der Waals surface area contributed by atoms with E-state index in [2.05, 4.69) is 18.9 Å².